The number of nitrogens with zero attached hydrogens (tertiary/aromatic N) is 4. The lowest BCUT2D eigenvalue weighted by Crippen LogP contribution is -2.23. The average molecular weight is 598 g/mol. The van der Waals surface area contributed by atoms with Crippen molar-refractivity contribution < 1.29 is 34.0 Å². The van der Waals surface area contributed by atoms with E-state index in [2.05, 4.69) is 21.3 Å². The number of likely N-dealkylation sites (tertiary alicyclic amines) is 1. The second-order valence-electron chi connectivity index (χ2n) is 10.3. The number of halogens is 1. The number of nitriles is 1. The molecule has 0 unspecified atom stereocenters. The fraction of sp³-hybridized carbons (Fsp3) is 0.188. The molecule has 2 aliphatic rings. The number of imidazole rings is 1. The molecule has 0 amide bonds. The Morgan fingerprint density at radius 3 is 2.50 bits per heavy atom. The van der Waals surface area contributed by atoms with Crippen LogP contribution in [0.4, 0.5) is 10.3 Å². The van der Waals surface area contributed by atoms with Crippen LogP contribution in [-0.2, 0) is 16.2 Å². The molecule has 1 fully saturated rings. The first-order valence-corrected chi connectivity index (χ1v) is 13.5. The van der Waals surface area contributed by atoms with Crippen LogP contribution < -0.4 is 10.1 Å². The van der Waals surface area contributed by atoms with Gasteiger partial charge in [0.1, 0.15) is 18.2 Å². The SMILES string of the molecule is CN1C[C@H](O)[C@@H](n2c(NC#N)nc3cc(C=C4c5ccccc5COc5cc(F)ccc54)ccc32)C1.O=C(O)C=CC(=O)O. The Labute approximate surface area is 251 Å². The summed E-state index contributed by atoms with van der Waals surface area (Å²) in [7, 11) is 1.96. The predicted octanol–water partition coefficient (Wildman–Crippen LogP) is 4.11. The Morgan fingerprint density at radius 2 is 1.82 bits per heavy atom. The van der Waals surface area contributed by atoms with E-state index < -0.39 is 18.0 Å². The second-order valence-corrected chi connectivity index (χ2v) is 10.3. The number of aromatic nitrogens is 2. The van der Waals surface area contributed by atoms with Gasteiger partial charge in [-0.2, -0.15) is 5.26 Å². The number of aliphatic hydroxyl groups excluding tert-OH is 1. The molecule has 4 aromatic rings. The van der Waals surface area contributed by atoms with Crippen molar-refractivity contribution in [2.24, 2.45) is 0 Å². The lowest BCUT2D eigenvalue weighted by Gasteiger charge is -2.18. The van der Waals surface area contributed by atoms with Gasteiger partial charge in [-0.25, -0.2) is 19.0 Å². The van der Waals surface area contributed by atoms with Gasteiger partial charge in [0.25, 0.3) is 0 Å². The summed E-state index contributed by atoms with van der Waals surface area (Å²) in [5.74, 6) is -1.95. The van der Waals surface area contributed by atoms with E-state index in [-0.39, 0.29) is 11.9 Å². The monoisotopic (exact) mass is 597 g/mol. The Hall–Kier alpha value is -5.51. The molecule has 2 atom stereocenters. The summed E-state index contributed by atoms with van der Waals surface area (Å²) >= 11 is 0. The van der Waals surface area contributed by atoms with Gasteiger partial charge in [-0.05, 0) is 59.7 Å². The van der Waals surface area contributed by atoms with Gasteiger partial charge in [-0.15, -0.1) is 0 Å². The maximum Gasteiger partial charge on any atom is 0.328 e. The normalized spacial score (nSPS) is 18.5. The molecule has 2 aliphatic heterocycles. The van der Waals surface area contributed by atoms with Crippen molar-refractivity contribution in [3.05, 3.63) is 101 Å². The number of ether oxygens (including phenoxy) is 1. The number of carboxylic acid groups (broad SMARTS) is 2. The van der Waals surface area contributed by atoms with Crippen LogP contribution in [-0.4, -0.2) is 68.0 Å². The highest BCUT2D eigenvalue weighted by molar-refractivity contribution is 5.96. The first-order chi connectivity index (χ1) is 21.1. The van der Waals surface area contributed by atoms with Gasteiger partial charge in [-0.3, -0.25) is 5.32 Å². The molecule has 224 valence electrons. The van der Waals surface area contributed by atoms with Crippen molar-refractivity contribution in [3.8, 4) is 11.9 Å². The molecule has 3 aromatic carbocycles. The molecule has 1 aromatic heterocycles. The van der Waals surface area contributed by atoms with Gasteiger partial charge < -0.3 is 29.5 Å². The van der Waals surface area contributed by atoms with E-state index in [1.807, 2.05) is 60.3 Å². The van der Waals surface area contributed by atoms with Crippen LogP contribution >= 0.6 is 0 Å². The molecule has 11 nitrogen and oxygen atoms in total. The lowest BCUT2D eigenvalue weighted by molar-refractivity contribution is -0.134. The van der Waals surface area contributed by atoms with Gasteiger partial charge >= 0.3 is 11.9 Å². The number of benzene rings is 3. The van der Waals surface area contributed by atoms with Crippen molar-refractivity contribution in [3.63, 3.8) is 0 Å². The first kappa shape index (κ1) is 30.0. The third-order valence-electron chi connectivity index (χ3n) is 7.26. The Bertz CT molecular complexity index is 1830. The zero-order valence-electron chi connectivity index (χ0n) is 23.5. The number of aliphatic hydroxyl groups is 1. The predicted molar refractivity (Wildman–Crippen MR) is 160 cm³/mol. The molecule has 0 bridgehead atoms. The number of nitrogens with one attached hydrogen (secondary N) is 1. The summed E-state index contributed by atoms with van der Waals surface area (Å²) in [6, 6.07) is 18.3. The van der Waals surface area contributed by atoms with Crippen LogP contribution in [0.25, 0.3) is 22.7 Å². The van der Waals surface area contributed by atoms with Gasteiger partial charge in [0, 0.05) is 36.9 Å². The van der Waals surface area contributed by atoms with Crippen LogP contribution in [0.5, 0.6) is 5.75 Å². The van der Waals surface area contributed by atoms with E-state index in [0.29, 0.717) is 49.1 Å². The first-order valence-electron chi connectivity index (χ1n) is 13.5. The molecule has 3 heterocycles. The lowest BCUT2D eigenvalue weighted by atomic mass is 9.92. The summed E-state index contributed by atoms with van der Waals surface area (Å²) in [6.07, 6.45) is 4.57. The largest absolute Gasteiger partial charge is 0.488 e. The summed E-state index contributed by atoms with van der Waals surface area (Å²) in [5, 5.41) is 38.2. The number of anilines is 1. The van der Waals surface area contributed by atoms with E-state index in [4.69, 9.17) is 14.9 Å². The quantitative estimate of drug-likeness (QED) is 0.150. The number of rotatable bonds is 5. The van der Waals surface area contributed by atoms with E-state index in [9.17, 15) is 24.3 Å². The third kappa shape index (κ3) is 6.44. The Balaban J connectivity index is 0.000000426. The van der Waals surface area contributed by atoms with Gasteiger partial charge in [0.05, 0.1) is 23.2 Å². The number of fused-ring (bicyclic) bond motifs is 3. The molecule has 0 aliphatic carbocycles. The number of likely N-dealkylation sites (N-methyl/N-ethyl adjacent to an activating group) is 1. The van der Waals surface area contributed by atoms with Crippen LogP contribution in [0.3, 0.4) is 0 Å². The molecule has 1 saturated heterocycles. The van der Waals surface area contributed by atoms with Gasteiger partial charge in [0.15, 0.2) is 6.19 Å². The maximum atomic E-state index is 14.0. The number of hydrogen-bond donors (Lipinski definition) is 4. The molecular formula is C32H28FN5O6. The van der Waals surface area contributed by atoms with E-state index >= 15 is 0 Å². The van der Waals surface area contributed by atoms with Crippen LogP contribution in [0.2, 0.25) is 0 Å². The standard InChI is InChI=1S/C28H24FN5O2.C4H4O4/c1-33-13-25(26(35)14-33)34-24-9-6-17(11-23(24)32-28(34)31-16-30)10-22-20-5-3-2-4-18(20)15-36-27-12-19(29)7-8-21(22)27;5-3(6)1-2-4(7)8/h2-12,25-26,35H,13-15H2,1H3,(H,31,32);1-2H,(H,5,6)(H,7,8)/t25-,26-;/m0./s1. The fourth-order valence-electron chi connectivity index (χ4n) is 5.40. The highest BCUT2D eigenvalue weighted by atomic mass is 19.1. The summed E-state index contributed by atoms with van der Waals surface area (Å²) in [6.45, 7) is 1.57. The fourth-order valence-corrected chi connectivity index (χ4v) is 5.40. The minimum absolute atomic E-state index is 0.215. The van der Waals surface area contributed by atoms with E-state index in [1.54, 1.807) is 6.07 Å². The average Bonchev–Trinajstić information content (AvgIpc) is 3.46. The number of carboxylic acids is 2. The zero-order chi connectivity index (χ0) is 31.4. The van der Waals surface area contributed by atoms with Crippen LogP contribution in [0.1, 0.15) is 28.3 Å². The van der Waals surface area contributed by atoms with Crippen molar-refractivity contribution in [2.75, 3.05) is 25.5 Å². The van der Waals surface area contributed by atoms with Crippen LogP contribution in [0.15, 0.2) is 72.8 Å². The summed E-state index contributed by atoms with van der Waals surface area (Å²) < 4.78 is 21.9. The molecule has 0 radical (unpaired) electrons. The summed E-state index contributed by atoms with van der Waals surface area (Å²) in [5.41, 5.74) is 6.24. The molecule has 12 heteroatoms. The molecule has 44 heavy (non-hydrogen) atoms. The maximum absolute atomic E-state index is 14.0. The van der Waals surface area contributed by atoms with E-state index in [1.165, 1.54) is 12.1 Å². The zero-order valence-corrected chi connectivity index (χ0v) is 23.5. The van der Waals surface area contributed by atoms with Crippen molar-refractivity contribution >= 4 is 40.6 Å². The minimum atomic E-state index is -1.26. The topological polar surface area (TPSA) is 161 Å². The van der Waals surface area contributed by atoms with Gasteiger partial charge in [0.2, 0.25) is 5.95 Å². The third-order valence-corrected chi connectivity index (χ3v) is 7.26. The molecule has 0 spiro atoms. The summed E-state index contributed by atoms with van der Waals surface area (Å²) in [4.78, 5) is 25.8. The molecule has 0 saturated carbocycles. The number of aliphatic carboxylic acids is 2. The Kier molecular flexibility index (Phi) is 8.71. The van der Waals surface area contributed by atoms with Crippen molar-refractivity contribution in [1.29, 1.82) is 5.26 Å². The molecular weight excluding hydrogens is 569 g/mol. The van der Waals surface area contributed by atoms with Crippen molar-refractivity contribution in [1.82, 2.24) is 14.5 Å². The Morgan fingerprint density at radius 1 is 1.07 bits per heavy atom. The van der Waals surface area contributed by atoms with Gasteiger partial charge in [-0.1, -0.05) is 30.3 Å². The minimum Gasteiger partial charge on any atom is -0.488 e. The smallest absolute Gasteiger partial charge is 0.328 e. The highest BCUT2D eigenvalue weighted by Gasteiger charge is 2.33. The number of carbonyl (C=O) groups is 2. The van der Waals surface area contributed by atoms with Crippen LogP contribution in [0, 0.1) is 17.3 Å². The van der Waals surface area contributed by atoms with E-state index in [0.717, 1.165) is 33.3 Å². The molecule has 4 N–H and O–H groups in total. The number of hydrogen-bond acceptors (Lipinski definition) is 8. The number of β-amino-alcohol motifs (C(OH)–C–C–N with tert-alkyl or cyclic N) is 1. The molecule has 6 rings (SSSR count). The second kappa shape index (κ2) is 12.8. The highest BCUT2D eigenvalue weighted by Crippen LogP contribution is 2.39. The van der Waals surface area contributed by atoms with Crippen molar-refractivity contribution in [2.45, 2.75) is 18.8 Å².